The van der Waals surface area contributed by atoms with E-state index in [-0.39, 0.29) is 12.6 Å². The summed E-state index contributed by atoms with van der Waals surface area (Å²) in [5.74, 6) is -0.209. The standard InChI is InChI=1S/C17H16N4O4/c1-12(22)18-11-21-10-16(17(23)25-21)14-2-4-15(5-3-14)20-7-6-13(9-20)8-19-24/h2-10,24H,11H2,1H3,(H,18,22)/b19-8+. The number of benzene rings is 1. The molecule has 0 fully saturated rings. The van der Waals surface area contributed by atoms with Crippen molar-refractivity contribution in [3.63, 3.8) is 0 Å². The van der Waals surface area contributed by atoms with Crippen LogP contribution in [0.5, 0.6) is 0 Å². The normalized spacial score (nSPS) is 11.1. The molecule has 8 nitrogen and oxygen atoms in total. The molecule has 1 amide bonds. The first-order valence-electron chi connectivity index (χ1n) is 7.48. The van der Waals surface area contributed by atoms with Crippen molar-refractivity contribution in [1.29, 1.82) is 0 Å². The summed E-state index contributed by atoms with van der Waals surface area (Å²) in [5.41, 5.74) is 2.31. The third-order valence-electron chi connectivity index (χ3n) is 3.58. The minimum absolute atomic E-state index is 0.0984. The quantitative estimate of drug-likeness (QED) is 0.420. The minimum atomic E-state index is -0.472. The van der Waals surface area contributed by atoms with Crippen molar-refractivity contribution in [2.45, 2.75) is 13.6 Å². The van der Waals surface area contributed by atoms with Crippen molar-refractivity contribution in [2.75, 3.05) is 0 Å². The molecule has 2 aromatic heterocycles. The van der Waals surface area contributed by atoms with E-state index in [0.717, 1.165) is 11.3 Å². The Morgan fingerprint density at radius 3 is 2.72 bits per heavy atom. The molecular weight excluding hydrogens is 324 g/mol. The highest BCUT2D eigenvalue weighted by Crippen LogP contribution is 2.19. The van der Waals surface area contributed by atoms with Gasteiger partial charge in [0.2, 0.25) is 5.91 Å². The number of oxime groups is 1. The van der Waals surface area contributed by atoms with Gasteiger partial charge in [-0.15, -0.1) is 0 Å². The van der Waals surface area contributed by atoms with Crippen LogP contribution in [-0.2, 0) is 11.5 Å². The Kier molecular flexibility index (Phi) is 4.51. The fourth-order valence-electron chi connectivity index (χ4n) is 2.37. The molecule has 3 aromatic rings. The van der Waals surface area contributed by atoms with E-state index >= 15 is 0 Å². The van der Waals surface area contributed by atoms with Gasteiger partial charge < -0.3 is 19.6 Å². The summed E-state index contributed by atoms with van der Waals surface area (Å²) in [4.78, 5) is 22.9. The molecule has 8 heteroatoms. The minimum Gasteiger partial charge on any atom is -0.411 e. The second-order valence-corrected chi connectivity index (χ2v) is 5.37. The number of nitrogens with one attached hydrogen (secondary N) is 1. The lowest BCUT2D eigenvalue weighted by atomic mass is 10.1. The molecule has 0 radical (unpaired) electrons. The summed E-state index contributed by atoms with van der Waals surface area (Å²) >= 11 is 0. The molecular formula is C17H16N4O4. The SMILES string of the molecule is CC(=O)NCn1cc(-c2ccc(-n3ccc(/C=N/O)c3)cc2)c(=O)o1. The van der Waals surface area contributed by atoms with Gasteiger partial charge in [0.25, 0.3) is 0 Å². The fraction of sp³-hybridized carbons (Fsp3) is 0.118. The topological polar surface area (TPSA) is 102 Å². The molecule has 1 aromatic carbocycles. The Hall–Kier alpha value is -3.55. The van der Waals surface area contributed by atoms with E-state index < -0.39 is 5.63 Å². The first-order valence-corrected chi connectivity index (χ1v) is 7.48. The lowest BCUT2D eigenvalue weighted by Gasteiger charge is -2.03. The summed E-state index contributed by atoms with van der Waals surface area (Å²) in [5, 5.41) is 14.1. The molecule has 0 saturated carbocycles. The highest BCUT2D eigenvalue weighted by atomic mass is 16.5. The summed E-state index contributed by atoms with van der Waals surface area (Å²) in [6.07, 6.45) is 6.55. The van der Waals surface area contributed by atoms with Gasteiger partial charge in [0.05, 0.1) is 18.0 Å². The van der Waals surface area contributed by atoms with Crippen LogP contribution in [0.2, 0.25) is 0 Å². The van der Waals surface area contributed by atoms with Crippen molar-refractivity contribution in [3.05, 3.63) is 64.9 Å². The summed E-state index contributed by atoms with van der Waals surface area (Å²) < 4.78 is 8.21. The number of rotatable bonds is 5. The van der Waals surface area contributed by atoms with Crippen LogP contribution < -0.4 is 10.9 Å². The van der Waals surface area contributed by atoms with Gasteiger partial charge in [-0.3, -0.25) is 4.79 Å². The van der Waals surface area contributed by atoms with Gasteiger partial charge in [-0.2, -0.15) is 4.74 Å². The van der Waals surface area contributed by atoms with Crippen LogP contribution >= 0.6 is 0 Å². The van der Waals surface area contributed by atoms with Crippen LogP contribution in [0.4, 0.5) is 0 Å². The van der Waals surface area contributed by atoms with Crippen LogP contribution in [0, 0.1) is 0 Å². The number of hydrogen-bond acceptors (Lipinski definition) is 5. The van der Waals surface area contributed by atoms with Crippen molar-refractivity contribution in [3.8, 4) is 16.8 Å². The molecule has 2 heterocycles. The molecule has 128 valence electrons. The average molecular weight is 340 g/mol. The van der Waals surface area contributed by atoms with Gasteiger partial charge in [-0.05, 0) is 23.8 Å². The first kappa shape index (κ1) is 16.3. The molecule has 2 N–H and O–H groups in total. The van der Waals surface area contributed by atoms with Crippen molar-refractivity contribution in [2.24, 2.45) is 5.16 Å². The largest absolute Gasteiger partial charge is 0.411 e. The molecule has 3 rings (SSSR count). The van der Waals surface area contributed by atoms with Crippen LogP contribution in [-0.4, -0.2) is 26.6 Å². The van der Waals surface area contributed by atoms with E-state index in [2.05, 4.69) is 10.5 Å². The molecule has 25 heavy (non-hydrogen) atoms. The smallest absolute Gasteiger partial charge is 0.365 e. The van der Waals surface area contributed by atoms with Gasteiger partial charge in [0, 0.05) is 30.6 Å². The van der Waals surface area contributed by atoms with E-state index in [1.807, 2.05) is 47.3 Å². The van der Waals surface area contributed by atoms with Crippen molar-refractivity contribution in [1.82, 2.24) is 14.6 Å². The lowest BCUT2D eigenvalue weighted by Crippen LogP contribution is -2.22. The summed E-state index contributed by atoms with van der Waals surface area (Å²) in [7, 11) is 0. The maximum absolute atomic E-state index is 12.0. The Bertz CT molecular complexity index is 963. The number of amides is 1. The van der Waals surface area contributed by atoms with E-state index in [1.54, 1.807) is 6.20 Å². The maximum atomic E-state index is 12.0. The molecule has 0 aliphatic heterocycles. The van der Waals surface area contributed by atoms with Gasteiger partial charge in [0.15, 0.2) is 0 Å². The fourth-order valence-corrected chi connectivity index (χ4v) is 2.37. The molecule has 0 spiro atoms. The first-order chi connectivity index (χ1) is 12.1. The zero-order valence-corrected chi connectivity index (χ0v) is 13.4. The predicted octanol–water partition coefficient (Wildman–Crippen LogP) is 1.80. The van der Waals surface area contributed by atoms with Crippen LogP contribution in [0.1, 0.15) is 12.5 Å². The van der Waals surface area contributed by atoms with Crippen molar-refractivity contribution >= 4 is 12.1 Å². The predicted molar refractivity (Wildman–Crippen MR) is 90.9 cm³/mol. The van der Waals surface area contributed by atoms with Crippen LogP contribution in [0.25, 0.3) is 16.8 Å². The second-order valence-electron chi connectivity index (χ2n) is 5.37. The highest BCUT2D eigenvalue weighted by molar-refractivity contribution is 5.79. The van der Waals surface area contributed by atoms with Gasteiger partial charge in [-0.25, -0.2) is 4.79 Å². The third kappa shape index (κ3) is 3.69. The number of hydrogen-bond donors (Lipinski definition) is 2. The number of carbonyl (C=O) groups excluding carboxylic acids is 1. The number of carbonyl (C=O) groups is 1. The Balaban J connectivity index is 1.82. The van der Waals surface area contributed by atoms with Crippen LogP contribution in [0.3, 0.4) is 0 Å². The maximum Gasteiger partial charge on any atom is 0.365 e. The van der Waals surface area contributed by atoms with E-state index in [0.29, 0.717) is 11.1 Å². The monoisotopic (exact) mass is 340 g/mol. The Labute approximate surface area is 142 Å². The molecule has 0 atom stereocenters. The Morgan fingerprint density at radius 2 is 2.04 bits per heavy atom. The third-order valence-corrected chi connectivity index (χ3v) is 3.58. The second kappa shape index (κ2) is 6.91. The molecule has 0 unspecified atom stereocenters. The van der Waals surface area contributed by atoms with Gasteiger partial charge in [-0.1, -0.05) is 17.3 Å². The summed E-state index contributed by atoms with van der Waals surface area (Å²) in [6, 6.07) is 9.15. The van der Waals surface area contributed by atoms with Gasteiger partial charge >= 0.3 is 5.63 Å². The van der Waals surface area contributed by atoms with E-state index in [4.69, 9.17) is 9.73 Å². The lowest BCUT2D eigenvalue weighted by molar-refractivity contribution is -0.119. The van der Waals surface area contributed by atoms with E-state index in [9.17, 15) is 9.59 Å². The zero-order chi connectivity index (χ0) is 17.8. The summed E-state index contributed by atoms with van der Waals surface area (Å²) in [6.45, 7) is 1.49. The average Bonchev–Trinajstić information content (AvgIpc) is 3.20. The number of aromatic nitrogens is 2. The van der Waals surface area contributed by atoms with Crippen molar-refractivity contribution < 1.29 is 14.5 Å². The van der Waals surface area contributed by atoms with E-state index in [1.165, 1.54) is 17.9 Å². The van der Waals surface area contributed by atoms with Gasteiger partial charge in [0.1, 0.15) is 6.67 Å². The molecule has 0 saturated heterocycles. The molecule has 0 aliphatic rings. The molecule has 0 bridgehead atoms. The highest BCUT2D eigenvalue weighted by Gasteiger charge is 2.10. The Morgan fingerprint density at radius 1 is 1.28 bits per heavy atom. The number of nitrogens with zero attached hydrogens (tertiary/aromatic N) is 3. The van der Waals surface area contributed by atoms with Crippen LogP contribution in [0.15, 0.2) is 63.4 Å². The molecule has 0 aliphatic carbocycles. The zero-order valence-electron chi connectivity index (χ0n) is 13.4.